The topological polar surface area (TPSA) is 75.3 Å². The maximum absolute atomic E-state index is 5.58. The van der Waals surface area contributed by atoms with E-state index in [4.69, 9.17) is 18.0 Å². The second-order valence-electron chi connectivity index (χ2n) is 3.43. The normalized spacial score (nSPS) is 11.1. The largest absolute Gasteiger partial charge is 0.370 e. The molecule has 0 aliphatic heterocycles. The SMILES string of the molecule is CCN=C(N)NC(=S)NCc1ncccc1C. The molecule has 0 atom stereocenters. The lowest BCUT2D eigenvalue weighted by atomic mass is 10.2. The molecular weight excluding hydrogens is 234 g/mol. The Labute approximate surface area is 107 Å². The number of hydrogen-bond donors (Lipinski definition) is 3. The van der Waals surface area contributed by atoms with E-state index in [1.54, 1.807) is 6.20 Å². The van der Waals surface area contributed by atoms with Gasteiger partial charge in [0.05, 0.1) is 12.2 Å². The van der Waals surface area contributed by atoms with E-state index >= 15 is 0 Å². The minimum Gasteiger partial charge on any atom is -0.370 e. The van der Waals surface area contributed by atoms with Crippen LogP contribution in [0.1, 0.15) is 18.2 Å². The maximum atomic E-state index is 5.58. The molecule has 1 aromatic heterocycles. The third kappa shape index (κ3) is 4.78. The predicted octanol–water partition coefficient (Wildman–Crippen LogP) is 0.689. The highest BCUT2D eigenvalue weighted by Crippen LogP contribution is 2.01. The molecule has 1 heterocycles. The summed E-state index contributed by atoms with van der Waals surface area (Å²) in [5.41, 5.74) is 7.66. The summed E-state index contributed by atoms with van der Waals surface area (Å²) in [5.74, 6) is 0.322. The third-order valence-electron chi connectivity index (χ3n) is 2.10. The zero-order chi connectivity index (χ0) is 12.7. The van der Waals surface area contributed by atoms with Crippen molar-refractivity contribution in [3.63, 3.8) is 0 Å². The monoisotopic (exact) mass is 251 g/mol. The van der Waals surface area contributed by atoms with Crippen molar-refractivity contribution in [2.75, 3.05) is 6.54 Å². The first-order chi connectivity index (χ1) is 8.13. The number of thiocarbonyl (C=S) groups is 1. The molecule has 92 valence electrons. The number of aromatic nitrogens is 1. The molecule has 6 heteroatoms. The molecular formula is C11H17N5S. The van der Waals surface area contributed by atoms with Gasteiger partial charge in [0.2, 0.25) is 0 Å². The molecule has 4 N–H and O–H groups in total. The van der Waals surface area contributed by atoms with Crippen LogP contribution < -0.4 is 16.4 Å². The Morgan fingerprint density at radius 1 is 1.59 bits per heavy atom. The highest BCUT2D eigenvalue weighted by Gasteiger charge is 2.01. The number of nitrogens with zero attached hydrogens (tertiary/aromatic N) is 2. The predicted molar refractivity (Wildman–Crippen MR) is 73.7 cm³/mol. The van der Waals surface area contributed by atoms with Gasteiger partial charge >= 0.3 is 0 Å². The lowest BCUT2D eigenvalue weighted by Crippen LogP contribution is -2.43. The van der Waals surface area contributed by atoms with E-state index in [1.807, 2.05) is 26.0 Å². The van der Waals surface area contributed by atoms with Crippen molar-refractivity contribution in [1.82, 2.24) is 15.6 Å². The van der Waals surface area contributed by atoms with Gasteiger partial charge in [0, 0.05) is 12.7 Å². The van der Waals surface area contributed by atoms with E-state index in [9.17, 15) is 0 Å². The van der Waals surface area contributed by atoms with Crippen LogP contribution in [0.15, 0.2) is 23.3 Å². The number of aliphatic imine (C=N–C) groups is 1. The van der Waals surface area contributed by atoms with Crippen molar-refractivity contribution in [2.24, 2.45) is 10.7 Å². The fourth-order valence-corrected chi connectivity index (χ4v) is 1.41. The Hall–Kier alpha value is -1.69. The molecule has 5 nitrogen and oxygen atoms in total. The van der Waals surface area contributed by atoms with E-state index in [0.717, 1.165) is 11.3 Å². The summed E-state index contributed by atoms with van der Waals surface area (Å²) in [6.07, 6.45) is 1.76. The second kappa shape index (κ2) is 6.80. The van der Waals surface area contributed by atoms with Crippen LogP contribution >= 0.6 is 12.2 Å². The number of hydrogen-bond acceptors (Lipinski definition) is 3. The van der Waals surface area contributed by atoms with Crippen LogP contribution in [0.25, 0.3) is 0 Å². The van der Waals surface area contributed by atoms with Gasteiger partial charge < -0.3 is 16.4 Å². The van der Waals surface area contributed by atoms with Crippen LogP contribution in [0.3, 0.4) is 0 Å². The van der Waals surface area contributed by atoms with Crippen molar-refractivity contribution in [3.05, 3.63) is 29.6 Å². The van der Waals surface area contributed by atoms with Gasteiger partial charge in [-0.1, -0.05) is 6.07 Å². The van der Waals surface area contributed by atoms with Gasteiger partial charge in [-0.15, -0.1) is 0 Å². The van der Waals surface area contributed by atoms with Crippen LogP contribution in [-0.4, -0.2) is 22.6 Å². The number of pyridine rings is 1. The quantitative estimate of drug-likeness (QED) is 0.419. The van der Waals surface area contributed by atoms with Crippen molar-refractivity contribution in [2.45, 2.75) is 20.4 Å². The van der Waals surface area contributed by atoms with Crippen LogP contribution in [-0.2, 0) is 6.54 Å². The van der Waals surface area contributed by atoms with Crippen LogP contribution in [0.2, 0.25) is 0 Å². The minimum absolute atomic E-state index is 0.322. The van der Waals surface area contributed by atoms with E-state index in [1.165, 1.54) is 0 Å². The summed E-state index contributed by atoms with van der Waals surface area (Å²) in [6.45, 7) is 5.11. The second-order valence-corrected chi connectivity index (χ2v) is 3.84. The first kappa shape index (κ1) is 13.4. The Morgan fingerprint density at radius 3 is 3.00 bits per heavy atom. The maximum Gasteiger partial charge on any atom is 0.194 e. The van der Waals surface area contributed by atoms with E-state index in [-0.39, 0.29) is 0 Å². The van der Waals surface area contributed by atoms with Crippen molar-refractivity contribution in [1.29, 1.82) is 0 Å². The lowest BCUT2D eigenvalue weighted by molar-refractivity contribution is 0.855. The van der Waals surface area contributed by atoms with Gasteiger partial charge in [-0.3, -0.25) is 9.98 Å². The molecule has 0 saturated heterocycles. The third-order valence-corrected chi connectivity index (χ3v) is 2.35. The van der Waals surface area contributed by atoms with Gasteiger partial charge in [-0.05, 0) is 37.7 Å². The molecule has 0 spiro atoms. The molecule has 0 bridgehead atoms. The molecule has 1 aromatic rings. The van der Waals surface area contributed by atoms with Crippen LogP contribution in [0.4, 0.5) is 0 Å². The fraction of sp³-hybridized carbons (Fsp3) is 0.364. The molecule has 0 saturated carbocycles. The number of guanidine groups is 1. The van der Waals surface area contributed by atoms with E-state index in [2.05, 4.69) is 20.6 Å². The van der Waals surface area contributed by atoms with Gasteiger partial charge in [0.1, 0.15) is 0 Å². The van der Waals surface area contributed by atoms with Crippen molar-refractivity contribution in [3.8, 4) is 0 Å². The molecule has 0 aliphatic carbocycles. The molecule has 0 radical (unpaired) electrons. The molecule has 0 aliphatic rings. The minimum atomic E-state index is 0.322. The standard InChI is InChI=1S/C11H17N5S/c1-3-13-10(12)16-11(17)15-7-9-8(2)5-4-6-14-9/h4-6H,3,7H2,1-2H3,(H4,12,13,15,16,17). The van der Waals surface area contributed by atoms with E-state index < -0.39 is 0 Å². The highest BCUT2D eigenvalue weighted by molar-refractivity contribution is 7.80. The summed E-state index contributed by atoms with van der Waals surface area (Å²) < 4.78 is 0. The number of nitrogens with one attached hydrogen (secondary N) is 2. The summed E-state index contributed by atoms with van der Waals surface area (Å²) in [6, 6.07) is 3.91. The van der Waals surface area contributed by atoms with Crippen LogP contribution in [0, 0.1) is 6.92 Å². The first-order valence-electron chi connectivity index (χ1n) is 5.38. The Bertz CT molecular complexity index is 416. The highest BCUT2D eigenvalue weighted by atomic mass is 32.1. The smallest absolute Gasteiger partial charge is 0.194 e. The number of rotatable bonds is 3. The van der Waals surface area contributed by atoms with Gasteiger partial charge in [0.25, 0.3) is 0 Å². The van der Waals surface area contributed by atoms with Crippen LogP contribution in [0.5, 0.6) is 0 Å². The Balaban J connectivity index is 2.44. The summed E-state index contributed by atoms with van der Waals surface area (Å²) >= 11 is 5.08. The number of nitrogens with two attached hydrogens (primary N) is 1. The average molecular weight is 251 g/mol. The zero-order valence-electron chi connectivity index (χ0n) is 10.0. The summed E-state index contributed by atoms with van der Waals surface area (Å²) in [5, 5.41) is 6.27. The summed E-state index contributed by atoms with van der Waals surface area (Å²) in [4.78, 5) is 8.23. The van der Waals surface area contributed by atoms with Crippen molar-refractivity contribution >= 4 is 23.3 Å². The zero-order valence-corrected chi connectivity index (χ0v) is 10.8. The average Bonchev–Trinajstić information content (AvgIpc) is 2.28. The molecule has 0 fully saturated rings. The van der Waals surface area contributed by atoms with Gasteiger partial charge in [0.15, 0.2) is 11.1 Å². The van der Waals surface area contributed by atoms with E-state index in [0.29, 0.717) is 24.2 Å². The molecule has 1 rings (SSSR count). The first-order valence-corrected chi connectivity index (χ1v) is 5.79. The molecule has 17 heavy (non-hydrogen) atoms. The molecule has 0 aromatic carbocycles. The van der Waals surface area contributed by atoms with Gasteiger partial charge in [-0.2, -0.15) is 0 Å². The lowest BCUT2D eigenvalue weighted by Gasteiger charge is -2.10. The fourth-order valence-electron chi connectivity index (χ4n) is 1.24. The van der Waals surface area contributed by atoms with Crippen molar-refractivity contribution < 1.29 is 0 Å². The van der Waals surface area contributed by atoms with Gasteiger partial charge in [-0.25, -0.2) is 0 Å². The molecule has 0 amide bonds. The Kier molecular flexibility index (Phi) is 5.35. The summed E-state index contributed by atoms with van der Waals surface area (Å²) in [7, 11) is 0. The molecule has 0 unspecified atom stereocenters. The number of aryl methyl sites for hydroxylation is 1. The Morgan fingerprint density at radius 2 is 2.35 bits per heavy atom.